The van der Waals surface area contributed by atoms with Crippen molar-refractivity contribution in [3.63, 3.8) is 0 Å². The van der Waals surface area contributed by atoms with E-state index in [0.717, 1.165) is 16.4 Å². The molecule has 132 valence electrons. The van der Waals surface area contributed by atoms with Gasteiger partial charge in [0, 0.05) is 22.8 Å². The third kappa shape index (κ3) is 2.92. The SMILES string of the molecule is CCOC(=O)C(C#N)(N=Nc1ccc2c(c1)oc1ccccc12)C(C)C. The fourth-order valence-corrected chi connectivity index (χ4v) is 2.74. The van der Waals surface area contributed by atoms with Gasteiger partial charge in [-0.2, -0.15) is 15.5 Å². The number of azo groups is 1. The molecule has 6 nitrogen and oxygen atoms in total. The molecule has 3 aromatic rings. The lowest BCUT2D eigenvalue weighted by Gasteiger charge is -2.22. The van der Waals surface area contributed by atoms with Crippen molar-refractivity contribution in [2.45, 2.75) is 26.3 Å². The Morgan fingerprint density at radius 3 is 2.65 bits per heavy atom. The summed E-state index contributed by atoms with van der Waals surface area (Å²) in [7, 11) is 0. The van der Waals surface area contributed by atoms with Crippen LogP contribution in [0.15, 0.2) is 57.1 Å². The minimum atomic E-state index is -1.67. The lowest BCUT2D eigenvalue weighted by molar-refractivity contribution is -0.148. The van der Waals surface area contributed by atoms with Crippen LogP contribution in [0.25, 0.3) is 21.9 Å². The van der Waals surface area contributed by atoms with Crippen molar-refractivity contribution >= 4 is 33.6 Å². The summed E-state index contributed by atoms with van der Waals surface area (Å²) in [5, 5.41) is 19.8. The van der Waals surface area contributed by atoms with Crippen LogP contribution in [0.3, 0.4) is 0 Å². The predicted octanol–water partition coefficient (Wildman–Crippen LogP) is 5.15. The summed E-state index contributed by atoms with van der Waals surface area (Å²) in [6.45, 7) is 5.34. The van der Waals surface area contributed by atoms with E-state index in [1.165, 1.54) is 0 Å². The highest BCUT2D eigenvalue weighted by Crippen LogP contribution is 2.32. The van der Waals surface area contributed by atoms with Gasteiger partial charge in [0.2, 0.25) is 0 Å². The van der Waals surface area contributed by atoms with Gasteiger partial charge >= 0.3 is 5.97 Å². The number of hydrogen-bond acceptors (Lipinski definition) is 6. The summed E-state index contributed by atoms with van der Waals surface area (Å²) in [5.41, 5.74) is 0.294. The topological polar surface area (TPSA) is 88.0 Å². The highest BCUT2D eigenvalue weighted by molar-refractivity contribution is 6.05. The first-order valence-electron chi connectivity index (χ1n) is 8.44. The lowest BCUT2D eigenvalue weighted by Crippen LogP contribution is -2.41. The van der Waals surface area contributed by atoms with Gasteiger partial charge in [-0.25, -0.2) is 4.79 Å². The Hall–Kier alpha value is -3.20. The zero-order valence-corrected chi connectivity index (χ0v) is 14.9. The van der Waals surface area contributed by atoms with Gasteiger partial charge in [0.15, 0.2) is 0 Å². The molecule has 1 atom stereocenters. The number of benzene rings is 2. The molecule has 1 heterocycles. The molecule has 0 fully saturated rings. The third-order valence-corrected chi connectivity index (χ3v) is 4.28. The number of carbonyl (C=O) groups excluding carboxylic acids is 1. The summed E-state index contributed by atoms with van der Waals surface area (Å²) in [6.07, 6.45) is 0. The monoisotopic (exact) mass is 349 g/mol. The Balaban J connectivity index is 2.01. The first kappa shape index (κ1) is 17.6. The van der Waals surface area contributed by atoms with Gasteiger partial charge in [-0.15, -0.1) is 0 Å². The van der Waals surface area contributed by atoms with E-state index in [2.05, 4.69) is 10.2 Å². The third-order valence-electron chi connectivity index (χ3n) is 4.28. The van der Waals surface area contributed by atoms with E-state index in [0.29, 0.717) is 11.3 Å². The molecule has 3 rings (SSSR count). The number of hydrogen-bond donors (Lipinski definition) is 0. The van der Waals surface area contributed by atoms with Gasteiger partial charge in [0.25, 0.3) is 5.54 Å². The molecule has 0 aliphatic heterocycles. The van der Waals surface area contributed by atoms with Crippen LogP contribution in [0.2, 0.25) is 0 Å². The van der Waals surface area contributed by atoms with E-state index in [1.807, 2.05) is 36.4 Å². The van der Waals surface area contributed by atoms with Crippen LogP contribution < -0.4 is 0 Å². The van der Waals surface area contributed by atoms with Gasteiger partial charge in [-0.05, 0) is 25.1 Å². The van der Waals surface area contributed by atoms with Crippen LogP contribution in [-0.2, 0) is 9.53 Å². The van der Waals surface area contributed by atoms with Gasteiger partial charge in [-0.1, -0.05) is 32.0 Å². The van der Waals surface area contributed by atoms with Gasteiger partial charge in [0.1, 0.15) is 17.2 Å². The van der Waals surface area contributed by atoms with E-state index in [-0.39, 0.29) is 12.5 Å². The Kier molecular flexibility index (Phi) is 4.72. The van der Waals surface area contributed by atoms with Crippen LogP contribution in [-0.4, -0.2) is 18.1 Å². The Morgan fingerprint density at radius 1 is 1.23 bits per heavy atom. The standard InChI is InChI=1S/C20H19N3O3/c1-4-25-19(24)20(12-21,13(2)3)23-22-14-9-10-16-15-7-5-6-8-17(15)26-18(16)11-14/h5-11,13H,4H2,1-3H3. The summed E-state index contributed by atoms with van der Waals surface area (Å²) >= 11 is 0. The number of fused-ring (bicyclic) bond motifs is 3. The second-order valence-electron chi connectivity index (χ2n) is 6.23. The Labute approximate surface area is 151 Å². The lowest BCUT2D eigenvalue weighted by atomic mass is 9.89. The number of furan rings is 1. The van der Waals surface area contributed by atoms with Crippen molar-refractivity contribution in [3.05, 3.63) is 42.5 Å². The molecule has 0 saturated heterocycles. The van der Waals surface area contributed by atoms with Gasteiger partial charge in [-0.3, -0.25) is 0 Å². The second kappa shape index (κ2) is 6.96. The van der Waals surface area contributed by atoms with Crippen molar-refractivity contribution < 1.29 is 13.9 Å². The van der Waals surface area contributed by atoms with E-state index in [9.17, 15) is 10.1 Å². The molecule has 0 radical (unpaired) electrons. The average molecular weight is 349 g/mol. The minimum Gasteiger partial charge on any atom is -0.463 e. The quantitative estimate of drug-likeness (QED) is 0.470. The van der Waals surface area contributed by atoms with Crippen LogP contribution in [0, 0.1) is 17.2 Å². The molecular weight excluding hydrogens is 330 g/mol. The number of para-hydroxylation sites is 1. The summed E-state index contributed by atoms with van der Waals surface area (Å²) < 4.78 is 10.9. The van der Waals surface area contributed by atoms with E-state index < -0.39 is 11.5 Å². The van der Waals surface area contributed by atoms with E-state index >= 15 is 0 Å². The van der Waals surface area contributed by atoms with Gasteiger partial charge < -0.3 is 9.15 Å². The summed E-state index contributed by atoms with van der Waals surface area (Å²) in [4.78, 5) is 12.3. The molecular formula is C20H19N3O3. The molecule has 0 aliphatic carbocycles. The zero-order valence-electron chi connectivity index (χ0n) is 14.9. The predicted molar refractivity (Wildman–Crippen MR) is 98.1 cm³/mol. The Morgan fingerprint density at radius 2 is 1.96 bits per heavy atom. The van der Waals surface area contributed by atoms with Crippen LogP contribution >= 0.6 is 0 Å². The molecule has 26 heavy (non-hydrogen) atoms. The second-order valence-corrected chi connectivity index (χ2v) is 6.23. The molecule has 2 aromatic carbocycles. The highest BCUT2D eigenvalue weighted by Gasteiger charge is 2.44. The van der Waals surface area contributed by atoms with Crippen LogP contribution in [0.1, 0.15) is 20.8 Å². The first-order valence-corrected chi connectivity index (χ1v) is 8.44. The fourth-order valence-electron chi connectivity index (χ4n) is 2.74. The van der Waals surface area contributed by atoms with E-state index in [1.54, 1.807) is 32.9 Å². The number of nitriles is 1. The molecule has 0 saturated carbocycles. The van der Waals surface area contributed by atoms with Gasteiger partial charge in [0.05, 0.1) is 12.3 Å². The number of rotatable bonds is 5. The van der Waals surface area contributed by atoms with Crippen LogP contribution in [0.4, 0.5) is 5.69 Å². The zero-order chi connectivity index (χ0) is 18.7. The molecule has 0 N–H and O–H groups in total. The average Bonchev–Trinajstić information content (AvgIpc) is 3.00. The maximum absolute atomic E-state index is 12.3. The summed E-state index contributed by atoms with van der Waals surface area (Å²) in [5.74, 6) is -1.07. The molecule has 0 amide bonds. The minimum absolute atomic E-state index is 0.176. The first-order chi connectivity index (χ1) is 12.5. The van der Waals surface area contributed by atoms with Crippen molar-refractivity contribution in [1.29, 1.82) is 5.26 Å². The smallest absolute Gasteiger partial charge is 0.351 e. The van der Waals surface area contributed by atoms with Crippen LogP contribution in [0.5, 0.6) is 0 Å². The molecule has 1 unspecified atom stereocenters. The molecule has 0 spiro atoms. The largest absolute Gasteiger partial charge is 0.463 e. The molecule has 6 heteroatoms. The number of carbonyl (C=O) groups is 1. The normalized spacial score (nSPS) is 14.0. The van der Waals surface area contributed by atoms with E-state index in [4.69, 9.17) is 9.15 Å². The number of esters is 1. The number of ether oxygens (including phenoxy) is 1. The van der Waals surface area contributed by atoms with Crippen molar-refractivity contribution in [1.82, 2.24) is 0 Å². The van der Waals surface area contributed by atoms with Crippen molar-refractivity contribution in [3.8, 4) is 6.07 Å². The maximum Gasteiger partial charge on any atom is 0.351 e. The Bertz CT molecular complexity index is 1030. The molecule has 0 aliphatic rings. The van der Waals surface area contributed by atoms with Crippen molar-refractivity contribution in [2.75, 3.05) is 6.61 Å². The number of nitrogens with zero attached hydrogens (tertiary/aromatic N) is 3. The van der Waals surface area contributed by atoms with Crippen molar-refractivity contribution in [2.24, 2.45) is 16.1 Å². The highest BCUT2D eigenvalue weighted by atomic mass is 16.5. The molecule has 0 bridgehead atoms. The summed E-state index contributed by atoms with van der Waals surface area (Å²) in [6, 6.07) is 15.1. The maximum atomic E-state index is 12.3. The fraction of sp³-hybridized carbons (Fsp3) is 0.300. The molecule has 1 aromatic heterocycles.